The van der Waals surface area contributed by atoms with Crippen LogP contribution in [0.2, 0.25) is 0 Å². The summed E-state index contributed by atoms with van der Waals surface area (Å²) in [4.78, 5) is 6.36. The third kappa shape index (κ3) is 9.03. The average molecular weight is 709 g/mol. The van der Waals surface area contributed by atoms with Crippen LogP contribution in [0, 0.1) is 13.8 Å². The summed E-state index contributed by atoms with van der Waals surface area (Å²) >= 11 is 1.81. The fraction of sp³-hybridized carbons (Fsp3) is 0.0455. The van der Waals surface area contributed by atoms with Gasteiger partial charge >= 0.3 is 0 Å². The molecule has 0 radical (unpaired) electrons. The van der Waals surface area contributed by atoms with Gasteiger partial charge in [-0.1, -0.05) is 120 Å². The number of hydrogen-bond acceptors (Lipinski definition) is 4. The van der Waals surface area contributed by atoms with Crippen molar-refractivity contribution in [3.63, 3.8) is 0 Å². The SMILES string of the molecule is Cc1ccc(S(=O)(=O)[O-])cc1.Cc1ccccc1[S+](c1ccc(Sc2ccc(-c3ccccc3)cc2)cc1)c1ccc(-c2ccccc2)cc1. The zero-order valence-electron chi connectivity index (χ0n) is 27.8. The van der Waals surface area contributed by atoms with Crippen molar-refractivity contribution >= 4 is 32.8 Å². The van der Waals surface area contributed by atoms with Gasteiger partial charge in [-0.15, -0.1) is 0 Å². The van der Waals surface area contributed by atoms with Crippen LogP contribution in [0.5, 0.6) is 0 Å². The predicted octanol–water partition coefficient (Wildman–Crippen LogP) is 11.5. The van der Waals surface area contributed by atoms with Crippen molar-refractivity contribution in [3.05, 3.63) is 193 Å². The summed E-state index contributed by atoms with van der Waals surface area (Å²) in [6.07, 6.45) is 0. The molecule has 50 heavy (non-hydrogen) atoms. The Morgan fingerprint density at radius 2 is 0.860 bits per heavy atom. The van der Waals surface area contributed by atoms with Gasteiger partial charge in [-0.25, -0.2) is 8.42 Å². The normalized spacial score (nSPS) is 11.7. The Balaban J connectivity index is 0.000000336. The molecule has 0 heterocycles. The maximum absolute atomic E-state index is 10.4. The van der Waals surface area contributed by atoms with Crippen molar-refractivity contribution in [2.45, 2.75) is 43.2 Å². The van der Waals surface area contributed by atoms with Crippen LogP contribution in [0.3, 0.4) is 0 Å². The molecule has 7 rings (SSSR count). The van der Waals surface area contributed by atoms with Crippen molar-refractivity contribution in [1.29, 1.82) is 0 Å². The first-order valence-electron chi connectivity index (χ1n) is 16.2. The minimum atomic E-state index is -4.27. The van der Waals surface area contributed by atoms with Crippen LogP contribution in [0.15, 0.2) is 211 Å². The van der Waals surface area contributed by atoms with Crippen molar-refractivity contribution in [3.8, 4) is 22.3 Å². The summed E-state index contributed by atoms with van der Waals surface area (Å²) in [5, 5.41) is 0. The van der Waals surface area contributed by atoms with Gasteiger partial charge in [0.25, 0.3) is 0 Å². The number of hydrogen-bond donors (Lipinski definition) is 0. The molecule has 0 N–H and O–H groups in total. The lowest BCUT2D eigenvalue weighted by molar-refractivity contribution is 0.463. The molecule has 248 valence electrons. The molecule has 7 aromatic carbocycles. The van der Waals surface area contributed by atoms with E-state index in [1.165, 1.54) is 64.4 Å². The maximum atomic E-state index is 10.4. The second kappa shape index (κ2) is 16.2. The van der Waals surface area contributed by atoms with Crippen LogP contribution < -0.4 is 0 Å². The Morgan fingerprint density at radius 1 is 0.460 bits per heavy atom. The lowest BCUT2D eigenvalue weighted by Crippen LogP contribution is -2.06. The van der Waals surface area contributed by atoms with Crippen molar-refractivity contribution in [1.82, 2.24) is 0 Å². The minimum absolute atomic E-state index is 0.178. The van der Waals surface area contributed by atoms with Crippen LogP contribution in [-0.4, -0.2) is 13.0 Å². The van der Waals surface area contributed by atoms with Crippen molar-refractivity contribution in [2.24, 2.45) is 0 Å². The van der Waals surface area contributed by atoms with Gasteiger partial charge in [0, 0.05) is 15.4 Å². The topological polar surface area (TPSA) is 57.2 Å². The van der Waals surface area contributed by atoms with E-state index in [4.69, 9.17) is 0 Å². The van der Waals surface area contributed by atoms with E-state index in [2.05, 4.69) is 165 Å². The molecule has 3 nitrogen and oxygen atoms in total. The molecule has 1 atom stereocenters. The quantitative estimate of drug-likeness (QED) is 0.116. The Kier molecular flexibility index (Phi) is 11.4. The van der Waals surface area contributed by atoms with Gasteiger partial charge in [0.1, 0.15) is 10.1 Å². The standard InChI is InChI=1S/C37H29S2.C7H8O3S/c1-28-10-8-9-15-37(28)39(35-24-18-32(19-25-35)30-13-6-3-7-14-30)36-26-22-34(23-27-36)38-33-20-16-31(17-21-33)29-11-4-2-5-12-29;1-6-2-4-7(5-3-6)11(8,9)10/h2-27H,1H3;2-5H,1H3,(H,8,9,10)/q+1;/p-1. The van der Waals surface area contributed by atoms with Crippen LogP contribution in [-0.2, 0) is 21.0 Å². The third-order valence-corrected chi connectivity index (χ3v) is 12.3. The molecule has 0 bridgehead atoms. The molecule has 0 saturated heterocycles. The van der Waals surface area contributed by atoms with E-state index >= 15 is 0 Å². The highest BCUT2D eigenvalue weighted by atomic mass is 32.2. The Labute approximate surface area is 302 Å². The molecule has 0 amide bonds. The molecule has 0 spiro atoms. The fourth-order valence-corrected chi connectivity index (χ4v) is 8.91. The Bertz CT molecular complexity index is 2230. The summed E-state index contributed by atoms with van der Waals surface area (Å²) in [6.45, 7) is 4.04. The summed E-state index contributed by atoms with van der Waals surface area (Å²) in [5.74, 6) is 0. The number of rotatable bonds is 8. The zero-order valence-corrected chi connectivity index (χ0v) is 30.2. The first-order valence-corrected chi connectivity index (χ1v) is 19.6. The molecule has 0 aliphatic heterocycles. The molecular weight excluding hydrogens is 673 g/mol. The molecule has 0 fully saturated rings. The summed E-state index contributed by atoms with van der Waals surface area (Å²) < 4.78 is 31.2. The smallest absolute Gasteiger partial charge is 0.169 e. The van der Waals surface area contributed by atoms with Crippen molar-refractivity contribution < 1.29 is 13.0 Å². The second-order valence-corrected chi connectivity index (χ2v) is 16.2. The van der Waals surface area contributed by atoms with E-state index < -0.39 is 10.1 Å². The van der Waals surface area contributed by atoms with E-state index in [0.717, 1.165) is 5.56 Å². The third-order valence-electron chi connectivity index (χ3n) is 8.08. The largest absolute Gasteiger partial charge is 0.744 e. The predicted molar refractivity (Wildman–Crippen MR) is 207 cm³/mol. The molecule has 0 aliphatic rings. The molecule has 0 aliphatic carbocycles. The lowest BCUT2D eigenvalue weighted by Gasteiger charge is -2.12. The molecule has 0 aromatic heterocycles. The summed E-state index contributed by atoms with van der Waals surface area (Å²) in [6, 6.07) is 62.8. The van der Waals surface area contributed by atoms with Gasteiger partial charge in [-0.2, -0.15) is 0 Å². The fourth-order valence-electron chi connectivity index (χ4n) is 5.42. The Morgan fingerprint density at radius 3 is 1.34 bits per heavy atom. The summed E-state index contributed by atoms with van der Waals surface area (Å²) in [5.41, 5.74) is 7.24. The molecule has 7 aromatic rings. The van der Waals surface area contributed by atoms with Gasteiger partial charge in [0.05, 0.1) is 15.8 Å². The van der Waals surface area contributed by atoms with E-state index in [0.29, 0.717) is 0 Å². The van der Waals surface area contributed by atoms with Crippen molar-refractivity contribution in [2.75, 3.05) is 0 Å². The van der Waals surface area contributed by atoms with Gasteiger partial charge in [-0.3, -0.25) is 0 Å². The molecule has 1 unspecified atom stereocenters. The van der Waals surface area contributed by atoms with E-state index in [-0.39, 0.29) is 15.8 Å². The van der Waals surface area contributed by atoms with Gasteiger partial charge < -0.3 is 4.55 Å². The average Bonchev–Trinajstić information content (AvgIpc) is 3.15. The lowest BCUT2D eigenvalue weighted by atomic mass is 10.1. The highest BCUT2D eigenvalue weighted by Crippen LogP contribution is 2.36. The maximum Gasteiger partial charge on any atom is 0.169 e. The molecular formula is C44H36O3S3. The van der Waals surface area contributed by atoms with Crippen LogP contribution in [0.25, 0.3) is 22.3 Å². The zero-order chi connectivity index (χ0) is 34.9. The van der Waals surface area contributed by atoms with Gasteiger partial charge in [0.2, 0.25) is 0 Å². The first kappa shape index (κ1) is 35.0. The minimum Gasteiger partial charge on any atom is -0.744 e. The number of aryl methyl sites for hydroxylation is 2. The van der Waals surface area contributed by atoms with Crippen LogP contribution >= 0.6 is 11.8 Å². The van der Waals surface area contributed by atoms with E-state index in [9.17, 15) is 13.0 Å². The molecule has 6 heteroatoms. The monoisotopic (exact) mass is 708 g/mol. The highest BCUT2D eigenvalue weighted by Gasteiger charge is 2.30. The van der Waals surface area contributed by atoms with Gasteiger partial charge in [-0.05, 0) is 115 Å². The first-order chi connectivity index (χ1) is 24.2. The Hall–Kier alpha value is -4.85. The van der Waals surface area contributed by atoms with E-state index in [1.54, 1.807) is 12.1 Å². The van der Waals surface area contributed by atoms with E-state index in [1.807, 2.05) is 18.7 Å². The number of benzene rings is 7. The highest BCUT2D eigenvalue weighted by molar-refractivity contribution is 7.99. The second-order valence-electron chi connectivity index (χ2n) is 11.7. The molecule has 0 saturated carbocycles. The van der Waals surface area contributed by atoms with Gasteiger partial charge in [0.15, 0.2) is 14.7 Å². The summed E-state index contributed by atoms with van der Waals surface area (Å²) in [7, 11) is -4.45. The van der Waals surface area contributed by atoms with Crippen LogP contribution in [0.1, 0.15) is 11.1 Å². The van der Waals surface area contributed by atoms with Crippen LogP contribution in [0.4, 0.5) is 0 Å².